The van der Waals surface area contributed by atoms with Gasteiger partial charge in [-0.05, 0) is 25.7 Å². The Morgan fingerprint density at radius 1 is 1.33 bits per heavy atom. The third-order valence-electron chi connectivity index (χ3n) is 1.96. The van der Waals surface area contributed by atoms with Gasteiger partial charge in [-0.2, -0.15) is 8.42 Å². The fraction of sp³-hybridized carbons (Fsp3) is 0.444. The maximum Gasteiger partial charge on any atom is 0.321 e. The van der Waals surface area contributed by atoms with Gasteiger partial charge in [-0.15, -0.1) is 0 Å². The first-order valence-electron chi connectivity index (χ1n) is 4.62. The predicted octanol–water partition coefficient (Wildman–Crippen LogP) is 1.64. The highest BCUT2D eigenvalue weighted by Crippen LogP contribution is 2.11. The molecule has 4 nitrogen and oxygen atoms in total. The van der Waals surface area contributed by atoms with E-state index in [4.69, 9.17) is 10.7 Å². The molecule has 0 aliphatic heterocycles. The smallest absolute Gasteiger partial charge is 0.268 e. The number of rotatable bonds is 2. The molecule has 84 valence electrons. The molecule has 1 amide bonds. The maximum absolute atomic E-state index is 11.4. The van der Waals surface area contributed by atoms with Crippen molar-refractivity contribution in [3.63, 3.8) is 0 Å². The summed E-state index contributed by atoms with van der Waals surface area (Å²) in [6, 6.07) is 0. The van der Waals surface area contributed by atoms with Crippen molar-refractivity contribution < 1.29 is 13.2 Å². The van der Waals surface area contributed by atoms with Crippen LogP contribution in [0, 0.1) is 0 Å². The minimum atomic E-state index is -4.00. The van der Waals surface area contributed by atoms with E-state index in [-0.39, 0.29) is 0 Å². The number of hydrogen-bond acceptors (Lipinski definition) is 3. The molecule has 0 spiro atoms. The van der Waals surface area contributed by atoms with Gasteiger partial charge in [0.1, 0.15) is 0 Å². The van der Waals surface area contributed by atoms with Crippen molar-refractivity contribution in [3.8, 4) is 0 Å². The number of carbonyl (C=O) groups excluding carboxylic acids is 1. The molecule has 0 heterocycles. The van der Waals surface area contributed by atoms with Crippen LogP contribution in [0.1, 0.15) is 25.7 Å². The zero-order valence-corrected chi connectivity index (χ0v) is 9.64. The fourth-order valence-corrected chi connectivity index (χ4v) is 1.83. The topological polar surface area (TPSA) is 63.2 Å². The molecule has 0 aromatic rings. The van der Waals surface area contributed by atoms with Crippen LogP contribution in [-0.4, -0.2) is 14.3 Å². The Kier molecular flexibility index (Phi) is 4.35. The second-order valence-corrected chi connectivity index (χ2v) is 5.51. The van der Waals surface area contributed by atoms with Crippen molar-refractivity contribution in [1.82, 2.24) is 4.72 Å². The molecule has 6 heteroatoms. The summed E-state index contributed by atoms with van der Waals surface area (Å²) in [5, 5.41) is 0. The van der Waals surface area contributed by atoms with E-state index < -0.39 is 15.1 Å². The molecule has 1 aliphatic carbocycles. The molecule has 0 bridgehead atoms. The average Bonchev–Trinajstić information content (AvgIpc) is 1.98. The predicted molar refractivity (Wildman–Crippen MR) is 58.6 cm³/mol. The van der Waals surface area contributed by atoms with Crippen LogP contribution in [0.5, 0.6) is 0 Å². The van der Waals surface area contributed by atoms with Gasteiger partial charge in [-0.3, -0.25) is 4.79 Å². The molecule has 0 atom stereocenters. The monoisotopic (exact) mass is 249 g/mol. The van der Waals surface area contributed by atoms with E-state index in [0.29, 0.717) is 5.57 Å². The zero-order valence-electron chi connectivity index (χ0n) is 8.07. The number of amides is 1. The van der Waals surface area contributed by atoms with Crippen LogP contribution in [0.15, 0.2) is 23.8 Å². The lowest BCUT2D eigenvalue weighted by Crippen LogP contribution is -2.27. The molecule has 1 rings (SSSR count). The van der Waals surface area contributed by atoms with Crippen molar-refractivity contribution in [2.75, 3.05) is 0 Å². The number of nitrogens with one attached hydrogen (secondary N) is 1. The van der Waals surface area contributed by atoms with E-state index in [1.54, 1.807) is 16.9 Å². The van der Waals surface area contributed by atoms with E-state index in [1.807, 2.05) is 6.08 Å². The molecule has 0 radical (unpaired) electrons. The largest absolute Gasteiger partial charge is 0.321 e. The maximum atomic E-state index is 11.4. The Balaban J connectivity index is 2.73. The van der Waals surface area contributed by atoms with E-state index in [2.05, 4.69) is 0 Å². The van der Waals surface area contributed by atoms with Crippen molar-refractivity contribution >= 4 is 25.8 Å². The van der Waals surface area contributed by atoms with Crippen LogP contribution in [0.25, 0.3) is 0 Å². The molecule has 15 heavy (non-hydrogen) atoms. The highest BCUT2D eigenvalue weighted by Gasteiger charge is 2.13. The second-order valence-electron chi connectivity index (χ2n) is 3.22. The van der Waals surface area contributed by atoms with Gasteiger partial charge in [0.15, 0.2) is 0 Å². The number of halogens is 1. The average molecular weight is 250 g/mol. The molecular weight excluding hydrogens is 238 g/mol. The summed E-state index contributed by atoms with van der Waals surface area (Å²) >= 11 is 0. The van der Waals surface area contributed by atoms with Crippen molar-refractivity contribution in [3.05, 3.63) is 23.8 Å². The molecule has 0 aromatic heterocycles. The summed E-state index contributed by atoms with van der Waals surface area (Å²) < 4.78 is 23.0. The lowest BCUT2D eigenvalue weighted by atomic mass is 10.1. The Bertz CT molecular complexity index is 398. The molecule has 0 saturated heterocycles. The van der Waals surface area contributed by atoms with Crippen molar-refractivity contribution in [2.24, 2.45) is 0 Å². The van der Waals surface area contributed by atoms with Gasteiger partial charge in [0.05, 0.1) is 0 Å². The summed E-state index contributed by atoms with van der Waals surface area (Å²) in [6.07, 6.45) is 8.94. The van der Waals surface area contributed by atoms with Gasteiger partial charge in [0.2, 0.25) is 0 Å². The van der Waals surface area contributed by atoms with Crippen LogP contribution in [0.2, 0.25) is 0 Å². The third-order valence-corrected chi connectivity index (χ3v) is 2.62. The standard InChI is InChI=1S/C9H12ClNO3S/c10-15(13,14)11-9(12)8-6-4-2-1-3-5-7-8/h4,6-7H,1-3,5H2,(H,11,12)/b6-4-,8-7+. The van der Waals surface area contributed by atoms with Gasteiger partial charge in [-0.25, -0.2) is 4.72 Å². The zero-order chi connectivity index (χ0) is 11.3. The van der Waals surface area contributed by atoms with Gasteiger partial charge in [-0.1, -0.05) is 18.2 Å². The highest BCUT2D eigenvalue weighted by atomic mass is 35.7. The van der Waals surface area contributed by atoms with Crippen molar-refractivity contribution in [1.29, 1.82) is 0 Å². The molecule has 0 aromatic carbocycles. The van der Waals surface area contributed by atoms with E-state index in [1.165, 1.54) is 0 Å². The van der Waals surface area contributed by atoms with Crippen LogP contribution >= 0.6 is 10.7 Å². The minimum Gasteiger partial charge on any atom is -0.268 e. The van der Waals surface area contributed by atoms with Crippen LogP contribution in [0.3, 0.4) is 0 Å². The lowest BCUT2D eigenvalue weighted by Gasteiger charge is -2.05. The van der Waals surface area contributed by atoms with E-state index in [0.717, 1.165) is 25.7 Å². The lowest BCUT2D eigenvalue weighted by molar-refractivity contribution is -0.115. The van der Waals surface area contributed by atoms with Gasteiger partial charge < -0.3 is 0 Å². The summed E-state index contributed by atoms with van der Waals surface area (Å²) in [6.45, 7) is 0. The molecular formula is C9H12ClNO3S. The number of allylic oxidation sites excluding steroid dienone is 2. The Morgan fingerprint density at radius 2 is 2.00 bits per heavy atom. The minimum absolute atomic E-state index is 0.346. The van der Waals surface area contributed by atoms with E-state index in [9.17, 15) is 13.2 Å². The van der Waals surface area contributed by atoms with Gasteiger partial charge >= 0.3 is 9.24 Å². The van der Waals surface area contributed by atoms with Crippen molar-refractivity contribution in [2.45, 2.75) is 25.7 Å². The van der Waals surface area contributed by atoms with E-state index >= 15 is 0 Å². The SMILES string of the molecule is O=C(NS(=O)(=O)Cl)C1=C/CCCC/C=C\1. The quantitative estimate of drug-likeness (QED) is 0.757. The number of hydrogen-bond donors (Lipinski definition) is 1. The fourth-order valence-electron chi connectivity index (χ4n) is 1.28. The molecule has 0 saturated carbocycles. The second kappa shape index (κ2) is 5.32. The first kappa shape index (κ1) is 12.3. The Hall–Kier alpha value is -0.810. The van der Waals surface area contributed by atoms with Crippen LogP contribution in [-0.2, 0) is 14.0 Å². The molecule has 0 unspecified atom stereocenters. The summed E-state index contributed by atoms with van der Waals surface area (Å²) in [5.74, 6) is -0.678. The molecule has 0 fully saturated rings. The normalized spacial score (nSPS) is 23.1. The first-order chi connectivity index (χ1) is 6.99. The summed E-state index contributed by atoms with van der Waals surface area (Å²) in [5.41, 5.74) is 0.346. The Labute approximate surface area is 93.6 Å². The Morgan fingerprint density at radius 3 is 2.67 bits per heavy atom. The third kappa shape index (κ3) is 4.99. The van der Waals surface area contributed by atoms with Crippen LogP contribution < -0.4 is 4.72 Å². The van der Waals surface area contributed by atoms with Gasteiger partial charge in [0.25, 0.3) is 5.91 Å². The number of carbonyl (C=O) groups is 1. The van der Waals surface area contributed by atoms with Gasteiger partial charge in [0, 0.05) is 16.3 Å². The molecule has 1 aliphatic rings. The highest BCUT2D eigenvalue weighted by molar-refractivity contribution is 8.12. The summed E-state index contributed by atoms with van der Waals surface area (Å²) in [7, 11) is 0.914. The first-order valence-corrected chi connectivity index (χ1v) is 6.93. The molecule has 1 N–H and O–H groups in total. The summed E-state index contributed by atoms with van der Waals surface area (Å²) in [4.78, 5) is 11.4. The van der Waals surface area contributed by atoms with Crippen LogP contribution in [0.4, 0.5) is 0 Å².